The second-order valence-corrected chi connectivity index (χ2v) is 6.57. The van der Waals surface area contributed by atoms with Crippen LogP contribution in [-0.4, -0.2) is 27.5 Å². The van der Waals surface area contributed by atoms with Crippen LogP contribution in [0.25, 0.3) is 10.9 Å². The molecule has 0 aliphatic carbocycles. The molecule has 21 heavy (non-hydrogen) atoms. The first kappa shape index (κ1) is 16.1. The summed E-state index contributed by atoms with van der Waals surface area (Å²) in [5.41, 5.74) is 1.21. The Morgan fingerprint density at radius 3 is 2.67 bits per heavy atom. The Morgan fingerprint density at radius 1 is 1.29 bits per heavy atom. The number of rotatable bonds is 4. The van der Waals surface area contributed by atoms with Gasteiger partial charge in [-0.3, -0.25) is 9.78 Å². The Bertz CT molecular complexity index is 643. The third kappa shape index (κ3) is 4.09. The Balaban J connectivity index is 2.32. The first-order valence-electron chi connectivity index (χ1n) is 5.94. The lowest BCUT2D eigenvalue weighted by Gasteiger charge is -2.27. The van der Waals surface area contributed by atoms with Gasteiger partial charge in [0, 0.05) is 11.6 Å². The van der Waals surface area contributed by atoms with Crippen LogP contribution < -0.4 is 10.6 Å². The number of pyridine rings is 1. The van der Waals surface area contributed by atoms with Crippen LogP contribution in [0.1, 0.15) is 0 Å². The van der Waals surface area contributed by atoms with Crippen LogP contribution >= 0.6 is 34.8 Å². The molecule has 8 heteroatoms. The summed E-state index contributed by atoms with van der Waals surface area (Å²) in [6, 6.07) is 9.05. The van der Waals surface area contributed by atoms with Gasteiger partial charge in [-0.25, -0.2) is 4.39 Å². The van der Waals surface area contributed by atoms with Gasteiger partial charge >= 0.3 is 0 Å². The highest BCUT2D eigenvalue weighted by atomic mass is 35.6. The molecule has 112 valence electrons. The molecule has 2 N–H and O–H groups in total. The van der Waals surface area contributed by atoms with E-state index in [9.17, 15) is 9.18 Å². The Hall–Kier alpha value is -1.30. The summed E-state index contributed by atoms with van der Waals surface area (Å²) < 4.78 is 10.5. The molecule has 1 heterocycles. The van der Waals surface area contributed by atoms with Gasteiger partial charge in [0.05, 0.1) is 11.2 Å². The summed E-state index contributed by atoms with van der Waals surface area (Å²) >= 11 is 17.4. The van der Waals surface area contributed by atoms with Crippen LogP contribution in [-0.2, 0) is 4.79 Å². The van der Waals surface area contributed by atoms with Gasteiger partial charge in [0.15, 0.2) is 6.67 Å². The van der Waals surface area contributed by atoms with E-state index in [4.69, 9.17) is 34.8 Å². The van der Waals surface area contributed by atoms with Crippen LogP contribution in [0.4, 0.5) is 10.1 Å². The van der Waals surface area contributed by atoms with Crippen molar-refractivity contribution in [2.24, 2.45) is 0 Å². The normalized spacial score (nSPS) is 13.0. The third-order valence-electron chi connectivity index (χ3n) is 2.69. The van der Waals surface area contributed by atoms with Crippen molar-refractivity contribution in [2.45, 2.75) is 9.96 Å². The van der Waals surface area contributed by atoms with Crippen LogP contribution in [0.3, 0.4) is 0 Å². The number of alkyl halides is 4. The number of hydrogen-bond donors (Lipinski definition) is 2. The minimum Gasteiger partial charge on any atom is -0.360 e. The molecule has 1 atom stereocenters. The topological polar surface area (TPSA) is 54.0 Å². The van der Waals surface area contributed by atoms with Crippen molar-refractivity contribution >= 4 is 57.3 Å². The fourth-order valence-corrected chi connectivity index (χ4v) is 2.10. The minimum atomic E-state index is -1.86. The summed E-state index contributed by atoms with van der Waals surface area (Å²) in [5, 5.41) is 6.02. The van der Waals surface area contributed by atoms with Crippen molar-refractivity contribution in [3.63, 3.8) is 0 Å². The fraction of sp³-hybridized carbons (Fsp3) is 0.231. The fourth-order valence-electron chi connectivity index (χ4n) is 1.78. The van der Waals surface area contributed by atoms with E-state index in [1.54, 1.807) is 24.4 Å². The maximum absolute atomic E-state index is 12.3. The van der Waals surface area contributed by atoms with Gasteiger partial charge < -0.3 is 10.6 Å². The maximum atomic E-state index is 12.3. The van der Waals surface area contributed by atoms with E-state index in [1.807, 2.05) is 12.1 Å². The van der Waals surface area contributed by atoms with E-state index < -0.39 is 22.5 Å². The molecule has 0 aliphatic heterocycles. The van der Waals surface area contributed by atoms with Gasteiger partial charge in [0.25, 0.3) is 5.91 Å². The number of carbonyl (C=O) groups excluding carboxylic acids is 1. The van der Waals surface area contributed by atoms with E-state index in [2.05, 4.69) is 15.6 Å². The molecule has 0 aliphatic rings. The van der Waals surface area contributed by atoms with Crippen LogP contribution in [0.5, 0.6) is 0 Å². The molecule has 0 saturated heterocycles. The zero-order valence-corrected chi connectivity index (χ0v) is 12.9. The summed E-state index contributed by atoms with van der Waals surface area (Å²) in [4.78, 5) is 15.4. The summed E-state index contributed by atoms with van der Waals surface area (Å²) in [6.07, 6.45) is 0.524. The highest BCUT2D eigenvalue weighted by Gasteiger charge is 2.34. The predicted molar refractivity (Wildman–Crippen MR) is 83.6 cm³/mol. The van der Waals surface area contributed by atoms with Crippen molar-refractivity contribution in [1.82, 2.24) is 10.3 Å². The molecule has 0 spiro atoms. The van der Waals surface area contributed by atoms with Crippen LogP contribution in [0, 0.1) is 0 Å². The second-order valence-electron chi connectivity index (χ2n) is 4.20. The van der Waals surface area contributed by atoms with E-state index in [1.165, 1.54) is 0 Å². The number of amides is 1. The van der Waals surface area contributed by atoms with Crippen LogP contribution in [0.2, 0.25) is 0 Å². The monoisotopic (exact) mass is 349 g/mol. The Labute approximate surface area is 135 Å². The van der Waals surface area contributed by atoms with Crippen molar-refractivity contribution in [2.75, 3.05) is 12.0 Å². The second kappa shape index (κ2) is 6.64. The number of fused-ring (bicyclic) bond motifs is 1. The molecule has 1 amide bonds. The van der Waals surface area contributed by atoms with Crippen LogP contribution in [0.15, 0.2) is 36.5 Å². The third-order valence-corrected chi connectivity index (χ3v) is 3.34. The van der Waals surface area contributed by atoms with Gasteiger partial charge in [-0.05, 0) is 12.1 Å². The molecule has 1 aromatic heterocycles. The molecule has 0 unspecified atom stereocenters. The first-order valence-corrected chi connectivity index (χ1v) is 7.07. The number of benzene rings is 1. The quantitative estimate of drug-likeness (QED) is 0.656. The van der Waals surface area contributed by atoms with E-state index >= 15 is 0 Å². The van der Waals surface area contributed by atoms with Gasteiger partial charge in [0.2, 0.25) is 3.79 Å². The molecule has 2 aromatic rings. The lowest BCUT2D eigenvalue weighted by Crippen LogP contribution is -2.49. The molecule has 4 nitrogen and oxygen atoms in total. The number of carbonyl (C=O) groups is 1. The molecule has 1 aromatic carbocycles. The summed E-state index contributed by atoms with van der Waals surface area (Å²) in [6.45, 7) is -1.20. The average molecular weight is 351 g/mol. The number of anilines is 1. The number of para-hydroxylation sites is 1. The molecule has 0 saturated carbocycles. The number of nitrogens with one attached hydrogen (secondary N) is 2. The van der Waals surface area contributed by atoms with E-state index in [0.29, 0.717) is 11.2 Å². The lowest BCUT2D eigenvalue weighted by molar-refractivity contribution is -0.122. The largest absolute Gasteiger partial charge is 0.360 e. The Morgan fingerprint density at radius 2 is 2.00 bits per heavy atom. The van der Waals surface area contributed by atoms with E-state index in [-0.39, 0.29) is 0 Å². The van der Waals surface area contributed by atoms with Gasteiger partial charge in [-0.1, -0.05) is 53.0 Å². The summed E-state index contributed by atoms with van der Waals surface area (Å²) in [5.74, 6) is -0.882. The highest BCUT2D eigenvalue weighted by Crippen LogP contribution is 2.32. The number of aromatic nitrogens is 1. The Kier molecular flexibility index (Phi) is 5.08. The molecule has 2 rings (SSSR count). The van der Waals surface area contributed by atoms with Crippen molar-refractivity contribution in [3.05, 3.63) is 36.5 Å². The van der Waals surface area contributed by atoms with Crippen molar-refractivity contribution < 1.29 is 9.18 Å². The number of nitrogens with zero attached hydrogens (tertiary/aromatic N) is 1. The van der Waals surface area contributed by atoms with E-state index in [0.717, 1.165) is 5.39 Å². The SMILES string of the molecule is O=C(CF)N[C@H](Nc1cccc2cccnc12)C(Cl)(Cl)Cl. The molecular formula is C13H11Cl3FN3O. The smallest absolute Gasteiger partial charge is 0.253 e. The lowest BCUT2D eigenvalue weighted by atomic mass is 10.2. The molecular weight excluding hydrogens is 340 g/mol. The molecule has 0 fully saturated rings. The minimum absolute atomic E-state index is 0.559. The number of hydrogen-bond acceptors (Lipinski definition) is 3. The zero-order chi connectivity index (χ0) is 15.5. The standard InChI is InChI=1S/C13H11Cl3FN3O/c14-13(15,16)12(20-10(21)7-17)19-9-5-1-3-8-4-2-6-18-11(8)9/h1-6,12,19H,7H2,(H,20,21)/t12-/m0/s1. The van der Waals surface area contributed by atoms with Crippen molar-refractivity contribution in [1.29, 1.82) is 0 Å². The first-order chi connectivity index (χ1) is 9.91. The predicted octanol–water partition coefficient (Wildman–Crippen LogP) is 3.43. The number of halogens is 4. The average Bonchev–Trinajstić information content (AvgIpc) is 2.45. The van der Waals surface area contributed by atoms with Gasteiger partial charge in [0.1, 0.15) is 6.17 Å². The summed E-state index contributed by atoms with van der Waals surface area (Å²) in [7, 11) is 0. The van der Waals surface area contributed by atoms with Crippen molar-refractivity contribution in [3.8, 4) is 0 Å². The molecule has 0 bridgehead atoms. The maximum Gasteiger partial charge on any atom is 0.253 e. The van der Waals surface area contributed by atoms with Gasteiger partial charge in [-0.15, -0.1) is 0 Å². The zero-order valence-electron chi connectivity index (χ0n) is 10.6. The molecule has 0 radical (unpaired) electrons. The highest BCUT2D eigenvalue weighted by molar-refractivity contribution is 6.68. The van der Waals surface area contributed by atoms with Gasteiger partial charge in [-0.2, -0.15) is 0 Å².